The van der Waals surface area contributed by atoms with E-state index in [0.29, 0.717) is 61.4 Å². The van der Waals surface area contributed by atoms with Gasteiger partial charge in [-0.1, -0.05) is 17.7 Å². The van der Waals surface area contributed by atoms with E-state index in [1.54, 1.807) is 30.3 Å². The van der Waals surface area contributed by atoms with Gasteiger partial charge < -0.3 is 19.5 Å². The fourth-order valence-electron chi connectivity index (χ4n) is 3.82. The number of hydrogen-bond acceptors (Lipinski definition) is 7. The third-order valence-electron chi connectivity index (χ3n) is 5.83. The van der Waals surface area contributed by atoms with E-state index in [0.717, 1.165) is 11.1 Å². The summed E-state index contributed by atoms with van der Waals surface area (Å²) < 4.78 is 43.2. The Bertz CT molecular complexity index is 1120. The number of aryl methyl sites for hydroxylation is 1. The van der Waals surface area contributed by atoms with Crippen molar-refractivity contribution in [2.45, 2.75) is 11.8 Å². The second kappa shape index (κ2) is 12.1. The van der Waals surface area contributed by atoms with Crippen molar-refractivity contribution in [2.24, 2.45) is 0 Å². The lowest BCUT2D eigenvalue weighted by atomic mass is 10.1. The third-order valence-corrected chi connectivity index (χ3v) is 7.74. The van der Waals surface area contributed by atoms with Crippen LogP contribution in [0.5, 0.6) is 17.2 Å². The van der Waals surface area contributed by atoms with E-state index >= 15 is 0 Å². The van der Waals surface area contributed by atoms with E-state index in [-0.39, 0.29) is 5.91 Å². The van der Waals surface area contributed by atoms with Crippen LogP contribution in [-0.4, -0.2) is 84.1 Å². The van der Waals surface area contributed by atoms with E-state index < -0.39 is 10.0 Å². The largest absolute Gasteiger partial charge is 0.493 e. The summed E-state index contributed by atoms with van der Waals surface area (Å²) in [6, 6.07) is 10.4. The summed E-state index contributed by atoms with van der Waals surface area (Å²) in [6.07, 6.45) is 3.13. The molecule has 1 N–H and O–H groups in total. The van der Waals surface area contributed by atoms with Crippen molar-refractivity contribution in [3.8, 4) is 17.2 Å². The number of hydrogen-bond donors (Lipinski definition) is 1. The zero-order valence-electron chi connectivity index (χ0n) is 20.6. The summed E-state index contributed by atoms with van der Waals surface area (Å²) >= 11 is 0. The predicted molar refractivity (Wildman–Crippen MR) is 135 cm³/mol. The Kier molecular flexibility index (Phi) is 9.13. The SMILES string of the molecule is COc1cc(/C=C\C(=O)NCCN2CCN(S(=O)(=O)c3ccc(C)cc3)CC2)cc(OC)c1OC. The second-order valence-corrected chi connectivity index (χ2v) is 10.1. The van der Waals surface area contributed by atoms with E-state index in [1.165, 1.54) is 31.7 Å². The van der Waals surface area contributed by atoms with Crippen LogP contribution >= 0.6 is 0 Å². The Morgan fingerprint density at radius 1 is 0.971 bits per heavy atom. The van der Waals surface area contributed by atoms with Gasteiger partial charge in [0.1, 0.15) is 0 Å². The molecular formula is C25H33N3O6S. The quantitative estimate of drug-likeness (QED) is 0.496. The third kappa shape index (κ3) is 6.74. The van der Waals surface area contributed by atoms with Gasteiger partial charge in [-0.3, -0.25) is 9.69 Å². The molecule has 1 amide bonds. The summed E-state index contributed by atoms with van der Waals surface area (Å²) in [5, 5.41) is 2.87. The highest BCUT2D eigenvalue weighted by Crippen LogP contribution is 2.38. The maximum atomic E-state index is 12.8. The number of piperazine rings is 1. The smallest absolute Gasteiger partial charge is 0.244 e. The van der Waals surface area contributed by atoms with E-state index in [2.05, 4.69) is 10.2 Å². The molecule has 10 heteroatoms. The molecule has 1 aliphatic heterocycles. The molecule has 0 atom stereocenters. The highest BCUT2D eigenvalue weighted by molar-refractivity contribution is 7.89. The number of benzene rings is 2. The maximum absolute atomic E-state index is 12.8. The predicted octanol–water partition coefficient (Wildman–Crippen LogP) is 2.16. The van der Waals surface area contributed by atoms with Crippen LogP contribution in [0.3, 0.4) is 0 Å². The van der Waals surface area contributed by atoms with Crippen molar-refractivity contribution in [1.29, 1.82) is 0 Å². The second-order valence-electron chi connectivity index (χ2n) is 8.14. The van der Waals surface area contributed by atoms with Gasteiger partial charge in [0.15, 0.2) is 11.5 Å². The Morgan fingerprint density at radius 3 is 2.11 bits per heavy atom. The highest BCUT2D eigenvalue weighted by Gasteiger charge is 2.28. The van der Waals surface area contributed by atoms with Crippen molar-refractivity contribution in [1.82, 2.24) is 14.5 Å². The van der Waals surface area contributed by atoms with Crippen LogP contribution in [0.15, 0.2) is 47.4 Å². The summed E-state index contributed by atoms with van der Waals surface area (Å²) in [7, 11) is 1.13. The van der Waals surface area contributed by atoms with Gasteiger partial charge in [-0.15, -0.1) is 0 Å². The normalized spacial score (nSPS) is 15.2. The molecule has 3 rings (SSSR count). The molecule has 0 spiro atoms. The van der Waals surface area contributed by atoms with Crippen molar-refractivity contribution in [3.63, 3.8) is 0 Å². The molecule has 0 saturated carbocycles. The van der Waals surface area contributed by atoms with Crippen LogP contribution in [0, 0.1) is 6.92 Å². The van der Waals surface area contributed by atoms with Gasteiger partial charge in [0, 0.05) is 45.3 Å². The molecule has 1 saturated heterocycles. The van der Waals surface area contributed by atoms with Crippen molar-refractivity contribution < 1.29 is 27.4 Å². The van der Waals surface area contributed by atoms with Crippen molar-refractivity contribution >= 4 is 22.0 Å². The number of ether oxygens (including phenoxy) is 3. The molecule has 0 radical (unpaired) electrons. The van der Waals surface area contributed by atoms with Gasteiger partial charge in [0.05, 0.1) is 26.2 Å². The standard InChI is InChI=1S/C25H33N3O6S/c1-19-5-8-21(9-6-19)35(30,31)28-15-13-27(14-16-28)12-11-26-24(29)10-7-20-17-22(32-2)25(34-4)23(18-20)33-3/h5-10,17-18H,11-16H2,1-4H3,(H,26,29)/b10-7-. The monoisotopic (exact) mass is 503 g/mol. The van der Waals surface area contributed by atoms with Gasteiger partial charge in [0.2, 0.25) is 21.7 Å². The van der Waals surface area contributed by atoms with E-state index in [9.17, 15) is 13.2 Å². The molecule has 0 aromatic heterocycles. The number of carbonyl (C=O) groups excluding carboxylic acids is 1. The fourth-order valence-corrected chi connectivity index (χ4v) is 5.24. The molecule has 0 bridgehead atoms. The van der Waals surface area contributed by atoms with Gasteiger partial charge in [-0.05, 0) is 42.8 Å². The first-order chi connectivity index (χ1) is 16.8. The van der Waals surface area contributed by atoms with Crippen molar-refractivity contribution in [2.75, 3.05) is 60.6 Å². The molecule has 1 aliphatic rings. The lowest BCUT2D eigenvalue weighted by Crippen LogP contribution is -2.50. The molecule has 2 aromatic rings. The number of sulfonamides is 1. The number of carbonyl (C=O) groups is 1. The summed E-state index contributed by atoms with van der Waals surface area (Å²) in [4.78, 5) is 14.7. The van der Waals surface area contributed by atoms with Crippen LogP contribution < -0.4 is 19.5 Å². The minimum Gasteiger partial charge on any atom is -0.493 e. The lowest BCUT2D eigenvalue weighted by Gasteiger charge is -2.33. The van der Waals surface area contributed by atoms with Crippen LogP contribution in [0.4, 0.5) is 0 Å². The minimum atomic E-state index is -3.48. The van der Waals surface area contributed by atoms with Gasteiger partial charge in [-0.2, -0.15) is 4.31 Å². The zero-order chi connectivity index (χ0) is 25.4. The van der Waals surface area contributed by atoms with Gasteiger partial charge in [0.25, 0.3) is 0 Å². The summed E-state index contributed by atoms with van der Waals surface area (Å²) in [5.74, 6) is 1.29. The van der Waals surface area contributed by atoms with E-state index in [1.807, 2.05) is 19.1 Å². The minimum absolute atomic E-state index is 0.223. The first kappa shape index (κ1) is 26.5. The average molecular weight is 504 g/mol. The van der Waals surface area contributed by atoms with Crippen LogP contribution in [0.2, 0.25) is 0 Å². The number of rotatable bonds is 10. The van der Waals surface area contributed by atoms with Gasteiger partial charge >= 0.3 is 0 Å². The lowest BCUT2D eigenvalue weighted by molar-refractivity contribution is -0.116. The summed E-state index contributed by atoms with van der Waals surface area (Å²) in [6.45, 7) is 5.10. The van der Waals surface area contributed by atoms with E-state index in [4.69, 9.17) is 14.2 Å². The first-order valence-electron chi connectivity index (χ1n) is 11.3. The molecule has 1 fully saturated rings. The van der Waals surface area contributed by atoms with Crippen molar-refractivity contribution in [3.05, 3.63) is 53.6 Å². The Balaban J connectivity index is 1.46. The maximum Gasteiger partial charge on any atom is 0.244 e. The molecule has 0 unspecified atom stereocenters. The molecule has 190 valence electrons. The van der Waals surface area contributed by atoms with Crippen LogP contribution in [0.1, 0.15) is 11.1 Å². The Morgan fingerprint density at radius 2 is 1.57 bits per heavy atom. The average Bonchev–Trinajstić information content (AvgIpc) is 2.87. The Hall–Kier alpha value is -3.08. The molecule has 9 nitrogen and oxygen atoms in total. The molecule has 0 aliphatic carbocycles. The fraction of sp³-hybridized carbons (Fsp3) is 0.400. The van der Waals surface area contributed by atoms with Crippen LogP contribution in [-0.2, 0) is 14.8 Å². The molecule has 2 aromatic carbocycles. The first-order valence-corrected chi connectivity index (χ1v) is 12.8. The van der Waals surface area contributed by atoms with Gasteiger partial charge in [-0.25, -0.2) is 8.42 Å². The molecule has 1 heterocycles. The topological polar surface area (TPSA) is 97.4 Å². The number of nitrogens with zero attached hydrogens (tertiary/aromatic N) is 2. The molecule has 35 heavy (non-hydrogen) atoms. The number of methoxy groups -OCH3 is 3. The summed E-state index contributed by atoms with van der Waals surface area (Å²) in [5.41, 5.74) is 1.76. The van der Waals surface area contributed by atoms with Crippen LogP contribution in [0.25, 0.3) is 6.08 Å². The molecular weight excluding hydrogens is 470 g/mol. The number of amides is 1. The zero-order valence-corrected chi connectivity index (χ0v) is 21.4. The Labute approximate surface area is 207 Å². The highest BCUT2D eigenvalue weighted by atomic mass is 32.2. The number of nitrogens with one attached hydrogen (secondary N) is 1.